The van der Waals surface area contributed by atoms with Gasteiger partial charge in [-0.15, -0.1) is 0 Å². The van der Waals surface area contributed by atoms with Crippen molar-refractivity contribution in [3.8, 4) is 0 Å². The Kier molecular flexibility index (Phi) is 6.10. The van der Waals surface area contributed by atoms with Crippen molar-refractivity contribution in [2.75, 3.05) is 34.2 Å². The molecule has 3 unspecified atom stereocenters. The van der Waals surface area contributed by atoms with Gasteiger partial charge >= 0.3 is 0 Å². The zero-order valence-corrected chi connectivity index (χ0v) is 14.6. The van der Waals surface area contributed by atoms with Crippen molar-refractivity contribution in [3.05, 3.63) is 0 Å². The first-order valence-electron chi connectivity index (χ1n) is 9.01. The Labute approximate surface area is 131 Å². The van der Waals surface area contributed by atoms with E-state index >= 15 is 0 Å². The van der Waals surface area contributed by atoms with E-state index in [-0.39, 0.29) is 6.10 Å². The molecule has 0 aromatic rings. The Morgan fingerprint density at radius 1 is 1.14 bits per heavy atom. The van der Waals surface area contributed by atoms with Crippen LogP contribution >= 0.6 is 0 Å². The maximum absolute atomic E-state index is 10.3. The van der Waals surface area contributed by atoms with E-state index in [1.807, 2.05) is 0 Å². The van der Waals surface area contributed by atoms with Gasteiger partial charge in [-0.05, 0) is 71.5 Å². The number of aliphatic hydroxyl groups excluding tert-OH is 1. The Hall–Kier alpha value is -0.120. The van der Waals surface area contributed by atoms with Gasteiger partial charge in [0.05, 0.1) is 6.10 Å². The van der Waals surface area contributed by atoms with Crippen LogP contribution in [0.3, 0.4) is 0 Å². The van der Waals surface area contributed by atoms with Crippen LogP contribution in [0.15, 0.2) is 0 Å². The predicted octanol–water partition coefficient (Wildman–Crippen LogP) is 2.98. The minimum atomic E-state index is -0.0720. The second-order valence-electron chi connectivity index (χ2n) is 7.96. The van der Waals surface area contributed by atoms with Gasteiger partial charge in [0.25, 0.3) is 0 Å². The maximum atomic E-state index is 10.3. The maximum Gasteiger partial charge on any atom is 0.0580 e. The van der Waals surface area contributed by atoms with Gasteiger partial charge < -0.3 is 14.9 Å². The molecule has 0 aromatic heterocycles. The van der Waals surface area contributed by atoms with Crippen LogP contribution < -0.4 is 0 Å². The van der Waals surface area contributed by atoms with E-state index < -0.39 is 0 Å². The lowest BCUT2D eigenvalue weighted by atomic mass is 9.74. The summed E-state index contributed by atoms with van der Waals surface area (Å²) in [4.78, 5) is 4.91. The lowest BCUT2D eigenvalue weighted by Crippen LogP contribution is -2.57. The molecule has 0 aliphatic heterocycles. The summed E-state index contributed by atoms with van der Waals surface area (Å²) in [5.41, 5.74) is 0.400. The van der Waals surface area contributed by atoms with Gasteiger partial charge in [-0.1, -0.05) is 19.8 Å². The number of aliphatic hydroxyl groups is 1. The highest BCUT2D eigenvalue weighted by atomic mass is 16.3. The van der Waals surface area contributed by atoms with Crippen molar-refractivity contribution in [2.24, 2.45) is 11.8 Å². The fraction of sp³-hybridized carbons (Fsp3) is 1.00. The molecule has 2 aliphatic rings. The Morgan fingerprint density at radius 2 is 1.86 bits per heavy atom. The first-order valence-corrected chi connectivity index (χ1v) is 9.01. The van der Waals surface area contributed by atoms with Gasteiger partial charge in [0, 0.05) is 18.6 Å². The second kappa shape index (κ2) is 7.43. The number of hydrogen-bond donors (Lipinski definition) is 1. The molecule has 124 valence electrons. The quantitative estimate of drug-likeness (QED) is 0.782. The molecule has 2 fully saturated rings. The first kappa shape index (κ1) is 17.2. The van der Waals surface area contributed by atoms with Crippen LogP contribution in [-0.4, -0.2) is 60.8 Å². The van der Waals surface area contributed by atoms with Crippen LogP contribution in [0.1, 0.15) is 58.3 Å². The van der Waals surface area contributed by atoms with Crippen molar-refractivity contribution in [1.29, 1.82) is 0 Å². The van der Waals surface area contributed by atoms with Gasteiger partial charge in [-0.3, -0.25) is 0 Å². The molecule has 1 N–H and O–H groups in total. The molecular weight excluding hydrogens is 260 g/mol. The van der Waals surface area contributed by atoms with Crippen molar-refractivity contribution in [1.82, 2.24) is 9.80 Å². The van der Waals surface area contributed by atoms with E-state index in [0.717, 1.165) is 25.4 Å². The molecule has 0 amide bonds. The third kappa shape index (κ3) is 4.20. The van der Waals surface area contributed by atoms with Crippen molar-refractivity contribution < 1.29 is 5.11 Å². The molecule has 3 nitrogen and oxygen atoms in total. The van der Waals surface area contributed by atoms with E-state index in [4.69, 9.17) is 0 Å². The summed E-state index contributed by atoms with van der Waals surface area (Å²) in [5.74, 6) is 1.34. The Morgan fingerprint density at radius 3 is 2.38 bits per heavy atom. The van der Waals surface area contributed by atoms with Crippen LogP contribution in [0, 0.1) is 11.8 Å². The summed E-state index contributed by atoms with van der Waals surface area (Å²) >= 11 is 0. The standard InChI is InChI=1S/C18H36N2O/c1-5-7-15-8-9-17(21)16(12-15)13-20(4)14-18(19(2)3)10-6-11-18/h15-17,21H,5-14H2,1-4H3. The normalized spacial score (nSPS) is 32.4. The summed E-state index contributed by atoms with van der Waals surface area (Å²) in [6.45, 7) is 4.50. The minimum absolute atomic E-state index is 0.0720. The van der Waals surface area contributed by atoms with Gasteiger partial charge in [0.1, 0.15) is 0 Å². The van der Waals surface area contributed by atoms with Crippen molar-refractivity contribution in [2.45, 2.75) is 69.9 Å². The summed E-state index contributed by atoms with van der Waals surface area (Å²) in [6, 6.07) is 0. The molecule has 3 atom stereocenters. The fourth-order valence-electron chi connectivity index (χ4n) is 4.51. The van der Waals surface area contributed by atoms with Crippen LogP contribution in [0.4, 0.5) is 0 Å². The third-order valence-electron chi connectivity index (χ3n) is 6.09. The molecule has 2 rings (SSSR count). The molecule has 0 spiro atoms. The van der Waals surface area contributed by atoms with E-state index in [0.29, 0.717) is 11.5 Å². The molecule has 2 aliphatic carbocycles. The highest BCUT2D eigenvalue weighted by Gasteiger charge is 2.40. The zero-order valence-electron chi connectivity index (χ0n) is 14.6. The molecular formula is C18H36N2O. The Bertz CT molecular complexity index is 314. The largest absolute Gasteiger partial charge is 0.393 e. The predicted molar refractivity (Wildman–Crippen MR) is 89.5 cm³/mol. The zero-order chi connectivity index (χ0) is 15.5. The van der Waals surface area contributed by atoms with E-state index in [9.17, 15) is 5.11 Å². The average molecular weight is 296 g/mol. The number of hydrogen-bond acceptors (Lipinski definition) is 3. The fourth-order valence-corrected chi connectivity index (χ4v) is 4.51. The number of nitrogens with zero attached hydrogens (tertiary/aromatic N) is 2. The van der Waals surface area contributed by atoms with Crippen molar-refractivity contribution in [3.63, 3.8) is 0 Å². The topological polar surface area (TPSA) is 26.7 Å². The molecule has 0 radical (unpaired) electrons. The summed E-state index contributed by atoms with van der Waals surface area (Å²) in [7, 11) is 6.69. The minimum Gasteiger partial charge on any atom is -0.393 e. The lowest BCUT2D eigenvalue weighted by Gasteiger charge is -2.50. The summed E-state index contributed by atoms with van der Waals surface area (Å²) in [5, 5.41) is 10.3. The summed E-state index contributed by atoms with van der Waals surface area (Å²) in [6.07, 6.45) is 10.1. The van der Waals surface area contributed by atoms with Crippen LogP contribution in [0.5, 0.6) is 0 Å². The van der Waals surface area contributed by atoms with Gasteiger partial charge in [-0.25, -0.2) is 0 Å². The molecule has 21 heavy (non-hydrogen) atoms. The first-order chi connectivity index (χ1) is 9.97. The number of rotatable bonds is 7. The Balaban J connectivity index is 1.84. The van der Waals surface area contributed by atoms with Crippen LogP contribution in [-0.2, 0) is 0 Å². The highest BCUT2D eigenvalue weighted by molar-refractivity contribution is 4.98. The van der Waals surface area contributed by atoms with E-state index in [1.54, 1.807) is 0 Å². The monoisotopic (exact) mass is 296 g/mol. The molecule has 0 aromatic carbocycles. The molecule has 3 heteroatoms. The smallest absolute Gasteiger partial charge is 0.0580 e. The molecule has 2 saturated carbocycles. The molecule has 0 saturated heterocycles. The van der Waals surface area contributed by atoms with E-state index in [1.165, 1.54) is 44.9 Å². The van der Waals surface area contributed by atoms with Gasteiger partial charge in [0.15, 0.2) is 0 Å². The SMILES string of the molecule is CCCC1CCC(O)C(CN(C)CC2(N(C)C)CCC2)C1. The molecule has 0 heterocycles. The third-order valence-corrected chi connectivity index (χ3v) is 6.09. The van der Waals surface area contributed by atoms with Gasteiger partial charge in [-0.2, -0.15) is 0 Å². The second-order valence-corrected chi connectivity index (χ2v) is 7.96. The molecule has 0 bridgehead atoms. The number of likely N-dealkylation sites (N-methyl/N-ethyl adjacent to an activating group) is 2. The summed E-state index contributed by atoms with van der Waals surface area (Å²) < 4.78 is 0. The van der Waals surface area contributed by atoms with Crippen molar-refractivity contribution >= 4 is 0 Å². The highest BCUT2D eigenvalue weighted by Crippen LogP contribution is 2.37. The lowest BCUT2D eigenvalue weighted by molar-refractivity contribution is -0.00274. The van der Waals surface area contributed by atoms with E-state index in [2.05, 4.69) is 37.9 Å². The van der Waals surface area contributed by atoms with Gasteiger partial charge in [0.2, 0.25) is 0 Å². The van der Waals surface area contributed by atoms with Crippen LogP contribution in [0.25, 0.3) is 0 Å². The van der Waals surface area contributed by atoms with Crippen LogP contribution in [0.2, 0.25) is 0 Å². The average Bonchev–Trinajstić information content (AvgIpc) is 2.38.